The minimum atomic E-state index is -0.180. The second-order valence-corrected chi connectivity index (χ2v) is 7.48. The number of nitrogens with zero attached hydrogens (tertiary/aromatic N) is 7. The van der Waals surface area contributed by atoms with Gasteiger partial charge >= 0.3 is 0 Å². The molecular weight excluding hydrogens is 382 g/mol. The first-order chi connectivity index (χ1) is 12.1. The average molecular weight is 392 g/mol. The van der Waals surface area contributed by atoms with Crippen LogP contribution < -0.4 is 5.56 Å². The molecule has 0 saturated carbocycles. The Hall–Kier alpha value is -2.30. The van der Waals surface area contributed by atoms with Crippen molar-refractivity contribution in [2.75, 3.05) is 0 Å². The number of rotatable bonds is 4. The smallest absolute Gasteiger partial charge is 0.267 e. The first-order valence-corrected chi connectivity index (χ1v) is 9.32. The van der Waals surface area contributed by atoms with Gasteiger partial charge < -0.3 is 0 Å². The summed E-state index contributed by atoms with van der Waals surface area (Å²) in [7, 11) is 0. The summed E-state index contributed by atoms with van der Waals surface area (Å²) in [5.41, 5.74) is 1.32. The third kappa shape index (κ3) is 3.28. The summed E-state index contributed by atoms with van der Waals surface area (Å²) in [5.74, 6) is 0.528. The molecule has 0 bridgehead atoms. The summed E-state index contributed by atoms with van der Waals surface area (Å²) >= 11 is 8.72. The van der Waals surface area contributed by atoms with Gasteiger partial charge in [-0.05, 0) is 41.6 Å². The van der Waals surface area contributed by atoms with Gasteiger partial charge in [0.15, 0.2) is 0 Å². The van der Waals surface area contributed by atoms with Crippen molar-refractivity contribution in [1.29, 1.82) is 0 Å². The van der Waals surface area contributed by atoms with E-state index in [-0.39, 0.29) is 5.56 Å². The molecule has 3 heterocycles. The van der Waals surface area contributed by atoms with E-state index in [1.165, 1.54) is 33.7 Å². The quantitative estimate of drug-likeness (QED) is 0.493. The monoisotopic (exact) mass is 391 g/mol. The molecule has 0 unspecified atom stereocenters. The Balaban J connectivity index is 1.58. The van der Waals surface area contributed by atoms with Gasteiger partial charge in [-0.25, -0.2) is 4.98 Å². The topological polar surface area (TPSA) is 90.9 Å². The molecule has 0 aliphatic rings. The molecule has 0 aliphatic heterocycles. The molecule has 1 aromatic carbocycles. The minimum absolute atomic E-state index is 0.180. The van der Waals surface area contributed by atoms with E-state index in [1.54, 1.807) is 23.7 Å². The van der Waals surface area contributed by atoms with Crippen molar-refractivity contribution in [2.45, 2.75) is 17.8 Å². The molecular formula is C14H10ClN7OS2. The molecule has 126 valence electrons. The number of benzene rings is 1. The van der Waals surface area contributed by atoms with Crippen molar-refractivity contribution in [2.24, 2.45) is 0 Å². The standard InChI is InChI=1S/C14H10ClN7OS2/c1-8-6-12(23)22-13(16-8)25-11(18-22)7-24-14-17-19-20-21(14)10-4-2-9(15)3-5-10/h2-6H,7H2,1H3. The molecule has 25 heavy (non-hydrogen) atoms. The molecule has 3 aromatic heterocycles. The Morgan fingerprint density at radius 1 is 1.28 bits per heavy atom. The molecule has 0 radical (unpaired) electrons. The second-order valence-electron chi connectivity index (χ2n) is 5.06. The van der Waals surface area contributed by atoms with Gasteiger partial charge in [-0.15, -0.1) is 5.10 Å². The number of tetrazole rings is 1. The third-order valence-electron chi connectivity index (χ3n) is 3.25. The summed E-state index contributed by atoms with van der Waals surface area (Å²) in [5, 5.41) is 18.1. The fourth-order valence-corrected chi connectivity index (χ4v) is 4.11. The van der Waals surface area contributed by atoms with Crippen molar-refractivity contribution in [3.8, 4) is 5.69 Å². The maximum absolute atomic E-state index is 11.9. The zero-order valence-electron chi connectivity index (χ0n) is 12.8. The van der Waals surface area contributed by atoms with Crippen molar-refractivity contribution in [1.82, 2.24) is 34.8 Å². The van der Waals surface area contributed by atoms with Crippen molar-refractivity contribution >= 4 is 39.7 Å². The van der Waals surface area contributed by atoms with Gasteiger partial charge in [0.1, 0.15) is 5.01 Å². The molecule has 0 N–H and O–H groups in total. The van der Waals surface area contributed by atoms with Crippen LogP contribution in [0.3, 0.4) is 0 Å². The van der Waals surface area contributed by atoms with Gasteiger partial charge in [0, 0.05) is 16.8 Å². The van der Waals surface area contributed by atoms with Crippen LogP contribution in [-0.2, 0) is 5.75 Å². The lowest BCUT2D eigenvalue weighted by Crippen LogP contribution is -2.14. The first-order valence-electron chi connectivity index (χ1n) is 7.14. The number of hydrogen-bond acceptors (Lipinski definition) is 8. The van der Waals surface area contributed by atoms with Crippen LogP contribution in [0.2, 0.25) is 5.02 Å². The van der Waals surface area contributed by atoms with Crippen LogP contribution in [0, 0.1) is 6.92 Å². The van der Waals surface area contributed by atoms with Gasteiger partial charge in [0.2, 0.25) is 10.1 Å². The van der Waals surface area contributed by atoms with Gasteiger partial charge in [-0.3, -0.25) is 4.79 Å². The van der Waals surface area contributed by atoms with E-state index in [1.807, 2.05) is 12.1 Å². The minimum Gasteiger partial charge on any atom is -0.267 e. The van der Waals surface area contributed by atoms with E-state index in [4.69, 9.17) is 11.6 Å². The van der Waals surface area contributed by atoms with Crippen LogP contribution in [0.25, 0.3) is 10.6 Å². The number of halogens is 1. The summed E-state index contributed by atoms with van der Waals surface area (Å²) in [6.45, 7) is 1.79. The van der Waals surface area contributed by atoms with Gasteiger partial charge in [0.25, 0.3) is 5.56 Å². The van der Waals surface area contributed by atoms with Crippen molar-refractivity contribution in [3.63, 3.8) is 0 Å². The van der Waals surface area contributed by atoms with E-state index >= 15 is 0 Å². The Labute approximate surface area is 154 Å². The van der Waals surface area contributed by atoms with E-state index in [9.17, 15) is 4.79 Å². The van der Waals surface area contributed by atoms with Crippen LogP contribution in [0.4, 0.5) is 0 Å². The third-order valence-corrected chi connectivity index (χ3v) is 5.53. The molecule has 0 atom stereocenters. The summed E-state index contributed by atoms with van der Waals surface area (Å²) in [6.07, 6.45) is 0. The molecule has 11 heteroatoms. The van der Waals surface area contributed by atoms with Gasteiger partial charge in [0.05, 0.1) is 11.4 Å². The number of aromatic nitrogens is 7. The predicted molar refractivity (Wildman–Crippen MR) is 95.6 cm³/mol. The van der Waals surface area contributed by atoms with E-state index < -0.39 is 0 Å². The van der Waals surface area contributed by atoms with Crippen LogP contribution in [-0.4, -0.2) is 34.8 Å². The SMILES string of the molecule is Cc1cc(=O)n2nc(CSc3nnnn3-c3ccc(Cl)cc3)sc2n1. The van der Waals surface area contributed by atoms with Gasteiger partial charge in [-0.1, -0.05) is 34.7 Å². The summed E-state index contributed by atoms with van der Waals surface area (Å²) < 4.78 is 2.94. The zero-order chi connectivity index (χ0) is 17.4. The first kappa shape index (κ1) is 16.2. The molecule has 0 fully saturated rings. The normalized spacial score (nSPS) is 11.3. The number of fused-ring (bicyclic) bond motifs is 1. The Kier molecular flexibility index (Phi) is 4.24. The fourth-order valence-electron chi connectivity index (χ4n) is 2.16. The molecule has 0 saturated heterocycles. The lowest BCUT2D eigenvalue weighted by Gasteiger charge is -2.03. The highest BCUT2D eigenvalue weighted by atomic mass is 35.5. The van der Waals surface area contributed by atoms with Crippen LogP contribution in [0.1, 0.15) is 10.7 Å². The van der Waals surface area contributed by atoms with E-state index in [2.05, 4.69) is 25.6 Å². The lowest BCUT2D eigenvalue weighted by molar-refractivity contribution is 0.756. The molecule has 4 aromatic rings. The number of aryl methyl sites for hydroxylation is 1. The maximum Gasteiger partial charge on any atom is 0.275 e. The van der Waals surface area contributed by atoms with Crippen LogP contribution in [0.15, 0.2) is 40.3 Å². The zero-order valence-corrected chi connectivity index (χ0v) is 15.2. The molecule has 8 nitrogen and oxygen atoms in total. The molecule has 4 rings (SSSR count). The largest absolute Gasteiger partial charge is 0.275 e. The number of hydrogen-bond donors (Lipinski definition) is 0. The lowest BCUT2D eigenvalue weighted by atomic mass is 10.3. The van der Waals surface area contributed by atoms with Crippen LogP contribution in [0.5, 0.6) is 0 Å². The Bertz CT molecular complexity index is 1100. The second kappa shape index (κ2) is 6.54. The number of thioether (sulfide) groups is 1. The van der Waals surface area contributed by atoms with Crippen molar-refractivity contribution in [3.05, 3.63) is 56.4 Å². The molecule has 0 amide bonds. The highest BCUT2D eigenvalue weighted by Gasteiger charge is 2.12. The van der Waals surface area contributed by atoms with E-state index in [0.717, 1.165) is 10.7 Å². The Morgan fingerprint density at radius 2 is 2.08 bits per heavy atom. The predicted octanol–water partition coefficient (Wildman–Crippen LogP) is 2.38. The van der Waals surface area contributed by atoms with Crippen LogP contribution >= 0.6 is 34.7 Å². The summed E-state index contributed by atoms with van der Waals surface area (Å²) in [4.78, 5) is 16.8. The highest BCUT2D eigenvalue weighted by Crippen LogP contribution is 2.25. The molecule has 0 aliphatic carbocycles. The fraction of sp³-hybridized carbons (Fsp3) is 0.143. The van der Waals surface area contributed by atoms with E-state index in [0.29, 0.717) is 26.6 Å². The van der Waals surface area contributed by atoms with Crippen molar-refractivity contribution < 1.29 is 0 Å². The highest BCUT2D eigenvalue weighted by molar-refractivity contribution is 7.98. The van der Waals surface area contributed by atoms with Gasteiger partial charge in [-0.2, -0.15) is 14.3 Å². The Morgan fingerprint density at radius 3 is 2.88 bits per heavy atom. The summed E-state index contributed by atoms with van der Waals surface area (Å²) in [6, 6.07) is 8.70. The molecule has 0 spiro atoms. The average Bonchev–Trinajstić information content (AvgIpc) is 3.20. The maximum atomic E-state index is 11.9.